The predicted octanol–water partition coefficient (Wildman–Crippen LogP) is 4.08. The first-order valence-corrected chi connectivity index (χ1v) is 11.0. The van der Waals surface area contributed by atoms with E-state index in [0.717, 1.165) is 16.8 Å². The maximum atomic E-state index is 12.6. The van der Waals surface area contributed by atoms with E-state index in [1.807, 2.05) is 60.7 Å². The van der Waals surface area contributed by atoms with Gasteiger partial charge in [0.25, 0.3) is 0 Å². The van der Waals surface area contributed by atoms with Gasteiger partial charge in [0.15, 0.2) is 0 Å². The molecule has 3 aromatic carbocycles. The topological polar surface area (TPSA) is 89.3 Å². The summed E-state index contributed by atoms with van der Waals surface area (Å²) in [5.74, 6) is 0.163. The van der Waals surface area contributed by atoms with Crippen molar-refractivity contribution in [1.82, 2.24) is 0 Å². The first kappa shape index (κ1) is 20.8. The predicted molar refractivity (Wildman–Crippen MR) is 115 cm³/mol. The Morgan fingerprint density at radius 3 is 2.03 bits per heavy atom. The molecular formula is C23H24N2O3S. The molecule has 0 amide bonds. The van der Waals surface area contributed by atoms with Crippen LogP contribution in [0.2, 0.25) is 0 Å². The number of hydrogen-bond donors (Lipinski definition) is 2. The van der Waals surface area contributed by atoms with Crippen molar-refractivity contribution < 1.29 is 13.2 Å². The number of aryl methyl sites for hydroxylation is 1. The largest absolute Gasteiger partial charge is 0.378 e. The second kappa shape index (κ2) is 9.49. The number of primary sulfonamides is 1. The lowest BCUT2D eigenvalue weighted by Crippen LogP contribution is -2.16. The number of rotatable bonds is 9. The zero-order valence-corrected chi connectivity index (χ0v) is 16.8. The Morgan fingerprint density at radius 1 is 0.862 bits per heavy atom. The third-order valence-electron chi connectivity index (χ3n) is 4.69. The molecule has 5 nitrogen and oxygen atoms in total. The lowest BCUT2D eigenvalue weighted by molar-refractivity contribution is -0.119. The van der Waals surface area contributed by atoms with Crippen LogP contribution >= 0.6 is 0 Å². The van der Waals surface area contributed by atoms with Gasteiger partial charge in [0.2, 0.25) is 10.0 Å². The number of hydrogen-bond acceptors (Lipinski definition) is 4. The van der Waals surface area contributed by atoms with Gasteiger partial charge >= 0.3 is 0 Å². The summed E-state index contributed by atoms with van der Waals surface area (Å²) in [4.78, 5) is 12.7. The summed E-state index contributed by atoms with van der Waals surface area (Å²) in [6.07, 6.45) is 1.53. The van der Waals surface area contributed by atoms with E-state index in [9.17, 15) is 13.2 Å². The normalized spacial score (nSPS) is 12.3. The molecule has 1 unspecified atom stereocenters. The van der Waals surface area contributed by atoms with Gasteiger partial charge in [-0.05, 0) is 41.8 Å². The van der Waals surface area contributed by atoms with Crippen molar-refractivity contribution in [3.8, 4) is 0 Å². The molecule has 0 spiro atoms. The average Bonchev–Trinajstić information content (AvgIpc) is 2.73. The van der Waals surface area contributed by atoms with E-state index < -0.39 is 10.0 Å². The smallest absolute Gasteiger partial charge is 0.238 e. The number of anilines is 1. The number of nitrogens with two attached hydrogens (primary N) is 1. The zero-order valence-electron chi connectivity index (χ0n) is 16.0. The molecular weight excluding hydrogens is 384 g/mol. The minimum absolute atomic E-state index is 0.0539. The summed E-state index contributed by atoms with van der Waals surface area (Å²) in [5, 5.41) is 8.50. The Bertz CT molecular complexity index is 1030. The Kier molecular flexibility index (Phi) is 6.80. The van der Waals surface area contributed by atoms with E-state index in [-0.39, 0.29) is 16.7 Å². The molecule has 0 aliphatic rings. The molecule has 3 aromatic rings. The van der Waals surface area contributed by atoms with Crippen LogP contribution in [0.15, 0.2) is 89.8 Å². The van der Waals surface area contributed by atoms with Gasteiger partial charge in [-0.15, -0.1) is 0 Å². The van der Waals surface area contributed by atoms with Crippen LogP contribution in [0.1, 0.15) is 30.0 Å². The molecule has 0 fully saturated rings. The van der Waals surface area contributed by atoms with E-state index in [2.05, 4.69) is 5.32 Å². The summed E-state index contributed by atoms with van der Waals surface area (Å²) >= 11 is 0. The van der Waals surface area contributed by atoms with Crippen LogP contribution in [0.25, 0.3) is 0 Å². The van der Waals surface area contributed by atoms with Crippen LogP contribution in [0, 0.1) is 0 Å². The molecule has 0 bridgehead atoms. The molecule has 29 heavy (non-hydrogen) atoms. The van der Waals surface area contributed by atoms with Crippen LogP contribution < -0.4 is 10.5 Å². The highest BCUT2D eigenvalue weighted by molar-refractivity contribution is 7.89. The molecule has 0 aliphatic heterocycles. The SMILES string of the molecule is NS(=O)(=O)c1ccc(NC(CC(=O)CCc2ccccc2)c2ccccc2)cc1. The summed E-state index contributed by atoms with van der Waals surface area (Å²) in [7, 11) is -3.73. The van der Waals surface area contributed by atoms with Crippen LogP contribution in [0.4, 0.5) is 5.69 Å². The molecule has 0 saturated heterocycles. The molecule has 1 atom stereocenters. The maximum Gasteiger partial charge on any atom is 0.238 e. The fourth-order valence-electron chi connectivity index (χ4n) is 3.14. The monoisotopic (exact) mass is 408 g/mol. The van der Waals surface area contributed by atoms with E-state index in [4.69, 9.17) is 5.14 Å². The number of carbonyl (C=O) groups excluding carboxylic acids is 1. The molecule has 3 N–H and O–H groups in total. The fourth-order valence-corrected chi connectivity index (χ4v) is 3.65. The van der Waals surface area contributed by atoms with Crippen molar-refractivity contribution in [3.63, 3.8) is 0 Å². The summed E-state index contributed by atoms with van der Waals surface area (Å²) in [6.45, 7) is 0. The van der Waals surface area contributed by atoms with Crippen LogP contribution in [0.5, 0.6) is 0 Å². The lowest BCUT2D eigenvalue weighted by atomic mass is 9.98. The minimum atomic E-state index is -3.73. The minimum Gasteiger partial charge on any atom is -0.378 e. The molecule has 0 heterocycles. The molecule has 0 aromatic heterocycles. The summed E-state index contributed by atoms with van der Waals surface area (Å²) in [5.41, 5.74) is 2.86. The standard InChI is InChI=1S/C23H24N2O3S/c24-29(27,28)22-15-12-20(13-16-22)25-23(19-9-5-2-6-10-19)17-21(26)14-11-18-7-3-1-4-8-18/h1-10,12-13,15-16,23,25H,11,14,17H2,(H2,24,27,28). The van der Waals surface area contributed by atoms with Crippen molar-refractivity contribution in [2.45, 2.75) is 30.2 Å². The Labute approximate surface area is 171 Å². The van der Waals surface area contributed by atoms with Crippen molar-refractivity contribution in [2.75, 3.05) is 5.32 Å². The molecule has 3 rings (SSSR count). The van der Waals surface area contributed by atoms with Crippen molar-refractivity contribution in [3.05, 3.63) is 96.1 Å². The number of sulfonamides is 1. The molecule has 0 radical (unpaired) electrons. The number of carbonyl (C=O) groups is 1. The first-order valence-electron chi connectivity index (χ1n) is 9.42. The highest BCUT2D eigenvalue weighted by atomic mass is 32.2. The molecule has 0 saturated carbocycles. The maximum absolute atomic E-state index is 12.6. The first-order chi connectivity index (χ1) is 13.9. The van der Waals surface area contributed by atoms with E-state index in [1.54, 1.807) is 12.1 Å². The van der Waals surface area contributed by atoms with Crippen molar-refractivity contribution in [2.24, 2.45) is 5.14 Å². The van der Waals surface area contributed by atoms with Gasteiger partial charge in [-0.2, -0.15) is 0 Å². The Morgan fingerprint density at radius 2 is 1.45 bits per heavy atom. The van der Waals surface area contributed by atoms with Crippen molar-refractivity contribution in [1.29, 1.82) is 0 Å². The van der Waals surface area contributed by atoms with Gasteiger partial charge in [0.05, 0.1) is 10.9 Å². The quantitative estimate of drug-likeness (QED) is 0.558. The van der Waals surface area contributed by atoms with E-state index in [1.165, 1.54) is 12.1 Å². The second-order valence-electron chi connectivity index (χ2n) is 6.91. The molecule has 150 valence electrons. The van der Waals surface area contributed by atoms with Gasteiger partial charge in [-0.3, -0.25) is 4.79 Å². The fraction of sp³-hybridized carbons (Fsp3) is 0.174. The van der Waals surface area contributed by atoms with Gasteiger partial charge in [0.1, 0.15) is 5.78 Å². The summed E-state index contributed by atoms with van der Waals surface area (Å²) in [6, 6.07) is 25.7. The van der Waals surface area contributed by atoms with Gasteiger partial charge in [-0.1, -0.05) is 60.7 Å². The van der Waals surface area contributed by atoms with Crippen LogP contribution in [0.3, 0.4) is 0 Å². The third-order valence-corrected chi connectivity index (χ3v) is 5.62. The average molecular weight is 409 g/mol. The highest BCUT2D eigenvalue weighted by Crippen LogP contribution is 2.24. The summed E-state index contributed by atoms with van der Waals surface area (Å²) < 4.78 is 22.9. The van der Waals surface area contributed by atoms with Gasteiger partial charge in [-0.25, -0.2) is 13.6 Å². The number of nitrogens with one attached hydrogen (secondary N) is 1. The lowest BCUT2D eigenvalue weighted by Gasteiger charge is -2.20. The zero-order chi connectivity index (χ0) is 20.7. The highest BCUT2D eigenvalue weighted by Gasteiger charge is 2.16. The molecule has 6 heteroatoms. The Hall–Kier alpha value is -2.96. The van der Waals surface area contributed by atoms with Crippen molar-refractivity contribution >= 4 is 21.5 Å². The van der Waals surface area contributed by atoms with Gasteiger partial charge < -0.3 is 5.32 Å². The third kappa shape index (κ3) is 6.27. The van der Waals surface area contributed by atoms with Gasteiger partial charge in [0, 0.05) is 18.5 Å². The van der Waals surface area contributed by atoms with E-state index in [0.29, 0.717) is 19.3 Å². The van der Waals surface area contributed by atoms with Crippen LogP contribution in [-0.4, -0.2) is 14.2 Å². The number of ketones is 1. The Balaban J connectivity index is 1.70. The second-order valence-corrected chi connectivity index (χ2v) is 8.47. The van der Waals surface area contributed by atoms with Crippen LogP contribution in [-0.2, 0) is 21.2 Å². The van der Waals surface area contributed by atoms with E-state index >= 15 is 0 Å². The number of benzene rings is 3. The molecule has 0 aliphatic carbocycles. The number of Topliss-reactive ketones (excluding diaryl/α,β-unsaturated/α-hetero) is 1.